The molecule has 2 aromatic carbocycles. The topological polar surface area (TPSA) is 21.3 Å². The minimum Gasteiger partial charge on any atom is -0.489 e. The average molecular weight is 397 g/mol. The first kappa shape index (κ1) is 15.1. The van der Waals surface area contributed by atoms with Crippen LogP contribution >= 0.6 is 31.9 Å². The van der Waals surface area contributed by atoms with Gasteiger partial charge in [-0.2, -0.15) is 0 Å². The van der Waals surface area contributed by atoms with Crippen molar-refractivity contribution >= 4 is 37.5 Å². The zero-order valence-electron chi connectivity index (χ0n) is 10.9. The highest BCUT2D eigenvalue weighted by atomic mass is 79.9. The van der Waals surface area contributed by atoms with Crippen LogP contribution in [0, 0.1) is 0 Å². The van der Waals surface area contributed by atoms with Crippen molar-refractivity contribution in [1.29, 1.82) is 0 Å². The Labute approximate surface area is 136 Å². The lowest BCUT2D eigenvalue weighted by atomic mass is 10.2. The van der Waals surface area contributed by atoms with E-state index in [0.717, 1.165) is 25.9 Å². The summed E-state index contributed by atoms with van der Waals surface area (Å²) in [6.07, 6.45) is 1.75. The number of nitrogens with one attached hydrogen (secondary N) is 1. The molecule has 2 rings (SSSR count). The van der Waals surface area contributed by atoms with E-state index in [2.05, 4.69) is 49.8 Å². The van der Waals surface area contributed by atoms with Crippen LogP contribution in [0.3, 0.4) is 0 Å². The van der Waals surface area contributed by atoms with Crippen LogP contribution in [-0.4, -0.2) is 6.61 Å². The lowest BCUT2D eigenvalue weighted by molar-refractivity contribution is 0.359. The third-order valence-corrected chi connectivity index (χ3v) is 3.88. The minimum absolute atomic E-state index is 0.513. The maximum absolute atomic E-state index is 5.65. The van der Waals surface area contributed by atoms with Gasteiger partial charge >= 0.3 is 0 Å². The van der Waals surface area contributed by atoms with Crippen LogP contribution in [-0.2, 0) is 6.54 Å². The monoisotopic (exact) mass is 395 g/mol. The second-order valence-electron chi connectivity index (χ2n) is 4.19. The Balaban J connectivity index is 2.08. The predicted molar refractivity (Wildman–Crippen MR) is 91.3 cm³/mol. The minimum atomic E-state index is 0.513. The van der Waals surface area contributed by atoms with Crippen molar-refractivity contribution in [3.8, 4) is 5.75 Å². The third kappa shape index (κ3) is 4.12. The van der Waals surface area contributed by atoms with E-state index < -0.39 is 0 Å². The van der Waals surface area contributed by atoms with Crippen molar-refractivity contribution in [2.45, 2.75) is 6.54 Å². The lowest BCUT2D eigenvalue weighted by Crippen LogP contribution is -2.03. The maximum atomic E-state index is 5.65. The van der Waals surface area contributed by atoms with Crippen LogP contribution in [0.2, 0.25) is 0 Å². The van der Waals surface area contributed by atoms with Gasteiger partial charge in [0.2, 0.25) is 0 Å². The quantitative estimate of drug-likeness (QED) is 0.661. The van der Waals surface area contributed by atoms with Crippen molar-refractivity contribution in [2.24, 2.45) is 0 Å². The molecule has 104 valence electrons. The van der Waals surface area contributed by atoms with E-state index in [-0.39, 0.29) is 0 Å². The van der Waals surface area contributed by atoms with E-state index in [4.69, 9.17) is 4.74 Å². The highest BCUT2D eigenvalue weighted by Gasteiger charge is 2.04. The molecule has 0 aliphatic carbocycles. The zero-order valence-corrected chi connectivity index (χ0v) is 14.1. The summed E-state index contributed by atoms with van der Waals surface area (Å²) in [5, 5.41) is 3.40. The van der Waals surface area contributed by atoms with Crippen molar-refractivity contribution < 1.29 is 4.74 Å². The van der Waals surface area contributed by atoms with E-state index in [1.54, 1.807) is 6.08 Å². The molecule has 2 aromatic rings. The molecular formula is C16H15Br2NO. The van der Waals surface area contributed by atoms with E-state index in [0.29, 0.717) is 13.2 Å². The summed E-state index contributed by atoms with van der Waals surface area (Å²) in [5.41, 5.74) is 2.16. The number of hydrogen-bond acceptors (Lipinski definition) is 2. The summed E-state index contributed by atoms with van der Waals surface area (Å²) >= 11 is 6.99. The third-order valence-electron chi connectivity index (χ3n) is 2.73. The Kier molecular flexibility index (Phi) is 5.68. The smallest absolute Gasteiger partial charge is 0.124 e. The largest absolute Gasteiger partial charge is 0.489 e. The molecule has 0 amide bonds. The molecule has 0 aromatic heterocycles. The molecule has 0 spiro atoms. The number of halogens is 2. The van der Waals surface area contributed by atoms with Gasteiger partial charge in [0.05, 0.1) is 0 Å². The van der Waals surface area contributed by atoms with Crippen LogP contribution < -0.4 is 10.1 Å². The first-order chi connectivity index (χ1) is 9.70. The molecule has 0 aliphatic heterocycles. The Morgan fingerprint density at radius 3 is 2.70 bits per heavy atom. The molecule has 0 saturated carbocycles. The zero-order chi connectivity index (χ0) is 14.4. The molecule has 0 saturated heterocycles. The van der Waals surface area contributed by atoms with Gasteiger partial charge in [0.15, 0.2) is 0 Å². The molecule has 1 N–H and O–H groups in total. The molecule has 0 aliphatic rings. The van der Waals surface area contributed by atoms with Gasteiger partial charge in [-0.15, -0.1) is 0 Å². The maximum Gasteiger partial charge on any atom is 0.124 e. The van der Waals surface area contributed by atoms with E-state index in [9.17, 15) is 0 Å². The number of hydrogen-bond donors (Lipinski definition) is 1. The molecule has 0 atom stereocenters. The van der Waals surface area contributed by atoms with Gasteiger partial charge in [0.1, 0.15) is 12.4 Å². The van der Waals surface area contributed by atoms with Crippen LogP contribution in [0.1, 0.15) is 5.56 Å². The summed E-state index contributed by atoms with van der Waals surface area (Å²) in [4.78, 5) is 0. The number of anilines is 1. The molecule has 4 heteroatoms. The SMILES string of the molecule is C=CCOc1ccccc1CNc1ccc(Br)cc1Br. The molecule has 0 radical (unpaired) electrons. The number of ether oxygens (including phenoxy) is 1. The number of rotatable bonds is 6. The lowest BCUT2D eigenvalue weighted by Gasteiger charge is -2.13. The van der Waals surface area contributed by atoms with Gasteiger partial charge in [0.25, 0.3) is 0 Å². The fraction of sp³-hybridized carbons (Fsp3) is 0.125. The fourth-order valence-electron chi connectivity index (χ4n) is 1.76. The predicted octanol–water partition coefficient (Wildman–Crippen LogP) is 5.39. The molecule has 0 unspecified atom stereocenters. The Morgan fingerprint density at radius 1 is 1.15 bits per heavy atom. The Morgan fingerprint density at radius 2 is 1.95 bits per heavy atom. The van der Waals surface area contributed by atoms with Gasteiger partial charge in [0, 0.05) is 26.7 Å². The summed E-state index contributed by atoms with van der Waals surface area (Å²) < 4.78 is 7.72. The summed E-state index contributed by atoms with van der Waals surface area (Å²) in [6, 6.07) is 14.1. The summed E-state index contributed by atoms with van der Waals surface area (Å²) in [7, 11) is 0. The molecule has 20 heavy (non-hydrogen) atoms. The van der Waals surface area contributed by atoms with Crippen LogP contribution in [0.25, 0.3) is 0 Å². The van der Waals surface area contributed by atoms with Crippen molar-refractivity contribution in [1.82, 2.24) is 0 Å². The van der Waals surface area contributed by atoms with Gasteiger partial charge in [-0.25, -0.2) is 0 Å². The molecule has 2 nitrogen and oxygen atoms in total. The van der Waals surface area contributed by atoms with Gasteiger partial charge in [-0.05, 0) is 40.2 Å². The van der Waals surface area contributed by atoms with Gasteiger partial charge < -0.3 is 10.1 Å². The Hall–Kier alpha value is -1.26. The van der Waals surface area contributed by atoms with Gasteiger partial charge in [-0.3, -0.25) is 0 Å². The van der Waals surface area contributed by atoms with Gasteiger partial charge in [-0.1, -0.05) is 46.8 Å². The van der Waals surface area contributed by atoms with Crippen LogP contribution in [0.15, 0.2) is 64.1 Å². The highest BCUT2D eigenvalue weighted by molar-refractivity contribution is 9.11. The first-order valence-corrected chi connectivity index (χ1v) is 7.80. The average Bonchev–Trinajstić information content (AvgIpc) is 2.45. The number of para-hydroxylation sites is 1. The second-order valence-corrected chi connectivity index (χ2v) is 5.96. The first-order valence-electron chi connectivity index (χ1n) is 6.21. The van der Waals surface area contributed by atoms with Crippen molar-refractivity contribution in [3.63, 3.8) is 0 Å². The van der Waals surface area contributed by atoms with E-state index in [1.165, 1.54) is 0 Å². The van der Waals surface area contributed by atoms with Crippen LogP contribution in [0.4, 0.5) is 5.69 Å². The van der Waals surface area contributed by atoms with Crippen LogP contribution in [0.5, 0.6) is 5.75 Å². The fourth-order valence-corrected chi connectivity index (χ4v) is 2.95. The standard InChI is InChI=1S/C16H15Br2NO/c1-2-9-20-16-6-4-3-5-12(16)11-19-15-8-7-13(17)10-14(15)18/h2-8,10,19H,1,9,11H2. The molecule has 0 heterocycles. The highest BCUT2D eigenvalue weighted by Crippen LogP contribution is 2.27. The second kappa shape index (κ2) is 7.50. The van der Waals surface area contributed by atoms with E-state index >= 15 is 0 Å². The summed E-state index contributed by atoms with van der Waals surface area (Å²) in [5.74, 6) is 0.883. The summed E-state index contributed by atoms with van der Waals surface area (Å²) in [6.45, 7) is 4.88. The van der Waals surface area contributed by atoms with E-state index in [1.807, 2.05) is 36.4 Å². The number of benzene rings is 2. The molecule has 0 fully saturated rings. The molecular weight excluding hydrogens is 382 g/mol. The Bertz CT molecular complexity index is 599. The molecule has 0 bridgehead atoms. The van der Waals surface area contributed by atoms with Crippen molar-refractivity contribution in [2.75, 3.05) is 11.9 Å². The van der Waals surface area contributed by atoms with Crippen molar-refractivity contribution in [3.05, 3.63) is 69.6 Å². The normalized spacial score (nSPS) is 10.1.